The molecule has 2 rings (SSSR count). The van der Waals surface area contributed by atoms with Crippen LogP contribution >= 0.6 is 11.6 Å². The van der Waals surface area contributed by atoms with E-state index in [4.69, 9.17) is 11.6 Å². The molecule has 0 saturated carbocycles. The van der Waals surface area contributed by atoms with E-state index in [0.29, 0.717) is 5.15 Å². The van der Waals surface area contributed by atoms with Crippen molar-refractivity contribution in [3.8, 4) is 0 Å². The molecule has 1 aliphatic rings. The fourth-order valence-electron chi connectivity index (χ4n) is 2.25. The molecule has 1 aromatic rings. The third kappa shape index (κ3) is 2.39. The number of aryl methyl sites for hydroxylation is 2. The summed E-state index contributed by atoms with van der Waals surface area (Å²) in [6, 6.07) is 0. The van der Waals surface area contributed by atoms with Crippen LogP contribution in [-0.2, 0) is 13.6 Å². The molecule has 0 aromatic carbocycles. The van der Waals surface area contributed by atoms with E-state index in [2.05, 4.69) is 10.00 Å². The van der Waals surface area contributed by atoms with Crippen LogP contribution in [0, 0.1) is 6.92 Å². The standard InChI is InChI=1S/C11H18ClN3O/c1-8-10(11(12)14(2)13-8)7-15-5-3-4-9(16)6-15/h9,16H,3-7H2,1-2H3/t9-/m0/s1. The van der Waals surface area contributed by atoms with E-state index in [1.165, 1.54) is 0 Å². The van der Waals surface area contributed by atoms with Crippen molar-refractivity contribution in [2.24, 2.45) is 7.05 Å². The molecule has 2 heterocycles. The van der Waals surface area contributed by atoms with Gasteiger partial charge in [-0.1, -0.05) is 11.6 Å². The van der Waals surface area contributed by atoms with Crippen LogP contribution in [0.1, 0.15) is 24.1 Å². The lowest BCUT2D eigenvalue weighted by Gasteiger charge is -2.29. The first-order chi connectivity index (χ1) is 7.58. The Hall–Kier alpha value is -0.580. The van der Waals surface area contributed by atoms with Crippen molar-refractivity contribution in [2.45, 2.75) is 32.4 Å². The van der Waals surface area contributed by atoms with Crippen LogP contribution < -0.4 is 0 Å². The molecule has 0 spiro atoms. The lowest BCUT2D eigenvalue weighted by Crippen LogP contribution is -2.37. The Morgan fingerprint density at radius 2 is 2.31 bits per heavy atom. The lowest BCUT2D eigenvalue weighted by atomic mass is 10.1. The Balaban J connectivity index is 2.08. The molecule has 1 aromatic heterocycles. The van der Waals surface area contributed by atoms with Gasteiger partial charge in [0.15, 0.2) is 0 Å². The lowest BCUT2D eigenvalue weighted by molar-refractivity contribution is 0.0667. The average molecular weight is 244 g/mol. The fourth-order valence-corrected chi connectivity index (χ4v) is 2.49. The molecule has 1 N–H and O–H groups in total. The number of β-amino-alcohol motifs (C(OH)–C–C–N with tert-alkyl or cyclic N) is 1. The number of nitrogens with zero attached hydrogens (tertiary/aromatic N) is 3. The maximum atomic E-state index is 9.61. The molecule has 0 aliphatic carbocycles. The topological polar surface area (TPSA) is 41.3 Å². The smallest absolute Gasteiger partial charge is 0.131 e. The molecular formula is C11H18ClN3O. The minimum atomic E-state index is -0.190. The molecular weight excluding hydrogens is 226 g/mol. The van der Waals surface area contributed by atoms with Crippen molar-refractivity contribution in [1.82, 2.24) is 14.7 Å². The van der Waals surface area contributed by atoms with Gasteiger partial charge in [-0.2, -0.15) is 5.10 Å². The van der Waals surface area contributed by atoms with Gasteiger partial charge in [-0.15, -0.1) is 0 Å². The van der Waals surface area contributed by atoms with E-state index in [9.17, 15) is 5.11 Å². The van der Waals surface area contributed by atoms with Gasteiger partial charge in [0.05, 0.1) is 11.8 Å². The zero-order valence-corrected chi connectivity index (χ0v) is 10.5. The molecule has 1 atom stereocenters. The van der Waals surface area contributed by atoms with E-state index in [-0.39, 0.29) is 6.10 Å². The number of hydrogen-bond donors (Lipinski definition) is 1. The largest absolute Gasteiger partial charge is 0.392 e. The summed E-state index contributed by atoms with van der Waals surface area (Å²) in [7, 11) is 1.85. The van der Waals surface area contributed by atoms with Gasteiger partial charge in [-0.25, -0.2) is 0 Å². The van der Waals surface area contributed by atoms with Crippen LogP contribution in [0.15, 0.2) is 0 Å². The maximum absolute atomic E-state index is 9.61. The number of aliphatic hydroxyl groups is 1. The highest BCUT2D eigenvalue weighted by Gasteiger charge is 2.20. The van der Waals surface area contributed by atoms with Crippen LogP contribution in [0.3, 0.4) is 0 Å². The summed E-state index contributed by atoms with van der Waals surface area (Å²) in [4.78, 5) is 2.24. The van der Waals surface area contributed by atoms with Gasteiger partial charge < -0.3 is 5.11 Å². The van der Waals surface area contributed by atoms with Crippen LogP contribution in [0.25, 0.3) is 0 Å². The van der Waals surface area contributed by atoms with E-state index in [1.807, 2.05) is 14.0 Å². The van der Waals surface area contributed by atoms with Crippen molar-refractivity contribution in [3.05, 3.63) is 16.4 Å². The predicted molar refractivity (Wildman–Crippen MR) is 63.5 cm³/mol. The van der Waals surface area contributed by atoms with Gasteiger partial charge >= 0.3 is 0 Å². The quantitative estimate of drug-likeness (QED) is 0.852. The number of halogens is 1. The highest BCUT2D eigenvalue weighted by atomic mass is 35.5. The highest BCUT2D eigenvalue weighted by molar-refractivity contribution is 6.30. The second kappa shape index (κ2) is 4.73. The van der Waals surface area contributed by atoms with Gasteiger partial charge in [-0.3, -0.25) is 9.58 Å². The maximum Gasteiger partial charge on any atom is 0.131 e. The van der Waals surface area contributed by atoms with Crippen LogP contribution in [-0.4, -0.2) is 39.0 Å². The zero-order valence-electron chi connectivity index (χ0n) is 9.78. The molecule has 5 heteroatoms. The molecule has 90 valence electrons. The van der Waals surface area contributed by atoms with Gasteiger partial charge in [0, 0.05) is 25.7 Å². The Kier molecular flexibility index (Phi) is 3.52. The molecule has 0 bridgehead atoms. The minimum absolute atomic E-state index is 0.190. The predicted octanol–water partition coefficient (Wildman–Crippen LogP) is 1.34. The van der Waals surface area contributed by atoms with Crippen molar-refractivity contribution >= 4 is 11.6 Å². The normalized spacial score (nSPS) is 22.6. The zero-order chi connectivity index (χ0) is 11.7. The Labute approximate surface area is 101 Å². The molecule has 0 radical (unpaired) electrons. The highest BCUT2D eigenvalue weighted by Crippen LogP contribution is 2.22. The summed E-state index contributed by atoms with van der Waals surface area (Å²) in [6.45, 7) is 4.53. The SMILES string of the molecule is Cc1nn(C)c(Cl)c1CN1CCC[C@H](O)C1. The summed E-state index contributed by atoms with van der Waals surface area (Å²) in [6.07, 6.45) is 1.78. The second-order valence-corrected chi connectivity index (χ2v) is 4.87. The summed E-state index contributed by atoms with van der Waals surface area (Å²) < 4.78 is 1.70. The van der Waals surface area contributed by atoms with Gasteiger partial charge in [0.2, 0.25) is 0 Å². The first-order valence-electron chi connectivity index (χ1n) is 5.66. The second-order valence-electron chi connectivity index (χ2n) is 4.51. The van der Waals surface area contributed by atoms with Crippen LogP contribution in [0.2, 0.25) is 5.15 Å². The summed E-state index contributed by atoms with van der Waals surface area (Å²) in [5.41, 5.74) is 2.06. The number of aliphatic hydroxyl groups excluding tert-OH is 1. The number of rotatable bonds is 2. The van der Waals surface area contributed by atoms with Gasteiger partial charge in [0.1, 0.15) is 5.15 Å². The number of piperidine rings is 1. The summed E-state index contributed by atoms with van der Waals surface area (Å²) >= 11 is 6.18. The Bertz CT molecular complexity index is 378. The molecule has 1 saturated heterocycles. The minimum Gasteiger partial charge on any atom is -0.392 e. The number of aromatic nitrogens is 2. The Morgan fingerprint density at radius 1 is 1.56 bits per heavy atom. The first kappa shape index (κ1) is 11.9. The van der Waals surface area contributed by atoms with Crippen molar-refractivity contribution in [1.29, 1.82) is 0 Å². The molecule has 4 nitrogen and oxygen atoms in total. The molecule has 0 unspecified atom stereocenters. The van der Waals surface area contributed by atoms with E-state index < -0.39 is 0 Å². The number of likely N-dealkylation sites (tertiary alicyclic amines) is 1. The summed E-state index contributed by atoms with van der Waals surface area (Å²) in [5, 5.41) is 14.6. The molecule has 1 fully saturated rings. The molecule has 0 amide bonds. The van der Waals surface area contributed by atoms with Crippen molar-refractivity contribution in [2.75, 3.05) is 13.1 Å². The third-order valence-electron chi connectivity index (χ3n) is 3.13. The first-order valence-corrected chi connectivity index (χ1v) is 6.04. The Morgan fingerprint density at radius 3 is 2.88 bits per heavy atom. The average Bonchev–Trinajstić information content (AvgIpc) is 2.45. The molecule has 1 aliphatic heterocycles. The fraction of sp³-hybridized carbons (Fsp3) is 0.727. The number of hydrogen-bond acceptors (Lipinski definition) is 3. The van der Waals surface area contributed by atoms with Crippen LogP contribution in [0.5, 0.6) is 0 Å². The molecule has 16 heavy (non-hydrogen) atoms. The van der Waals surface area contributed by atoms with Gasteiger partial charge in [-0.05, 0) is 26.3 Å². The van der Waals surface area contributed by atoms with Crippen LogP contribution in [0.4, 0.5) is 0 Å². The third-order valence-corrected chi connectivity index (χ3v) is 3.60. The van der Waals surface area contributed by atoms with E-state index in [0.717, 1.165) is 43.7 Å². The van der Waals surface area contributed by atoms with Crippen molar-refractivity contribution in [3.63, 3.8) is 0 Å². The van der Waals surface area contributed by atoms with E-state index >= 15 is 0 Å². The van der Waals surface area contributed by atoms with Crippen molar-refractivity contribution < 1.29 is 5.11 Å². The van der Waals surface area contributed by atoms with E-state index in [1.54, 1.807) is 4.68 Å². The summed E-state index contributed by atoms with van der Waals surface area (Å²) in [5.74, 6) is 0. The van der Waals surface area contributed by atoms with Gasteiger partial charge in [0.25, 0.3) is 0 Å². The monoisotopic (exact) mass is 243 g/mol.